The van der Waals surface area contributed by atoms with E-state index in [4.69, 9.17) is 5.73 Å². The van der Waals surface area contributed by atoms with Crippen LogP contribution in [0, 0.1) is 5.92 Å². The lowest BCUT2D eigenvalue weighted by molar-refractivity contribution is -0.132. The molecule has 4 N–H and O–H groups in total. The predicted molar refractivity (Wildman–Crippen MR) is 76.8 cm³/mol. The maximum atomic E-state index is 11.8. The Balaban J connectivity index is 3.90. The Kier molecular flexibility index (Phi) is 8.54. The summed E-state index contributed by atoms with van der Waals surface area (Å²) >= 11 is 0. The van der Waals surface area contributed by atoms with Crippen molar-refractivity contribution in [2.24, 2.45) is 11.7 Å². The monoisotopic (exact) mass is 286 g/mol. The molecule has 3 amide bonds. The molecule has 0 aromatic carbocycles. The number of hydrogen-bond acceptors (Lipinski definition) is 4. The van der Waals surface area contributed by atoms with Gasteiger partial charge in [-0.1, -0.05) is 13.8 Å². The van der Waals surface area contributed by atoms with Crippen molar-refractivity contribution in [2.45, 2.75) is 33.2 Å². The highest BCUT2D eigenvalue weighted by Gasteiger charge is 2.13. The highest BCUT2D eigenvalue weighted by Crippen LogP contribution is 2.03. The summed E-state index contributed by atoms with van der Waals surface area (Å²) in [6.07, 6.45) is 0.722. The Morgan fingerprint density at radius 2 is 1.75 bits per heavy atom. The number of carbonyl (C=O) groups excluding carboxylic acids is 3. The molecule has 0 fully saturated rings. The zero-order valence-corrected chi connectivity index (χ0v) is 12.7. The Morgan fingerprint density at radius 3 is 2.25 bits per heavy atom. The van der Waals surface area contributed by atoms with E-state index in [-0.39, 0.29) is 36.9 Å². The van der Waals surface area contributed by atoms with Crippen molar-refractivity contribution in [3.63, 3.8) is 0 Å². The smallest absolute Gasteiger partial charge is 0.241 e. The highest BCUT2D eigenvalue weighted by atomic mass is 16.2. The molecular formula is C13H26N4O3. The van der Waals surface area contributed by atoms with E-state index in [1.54, 1.807) is 11.9 Å². The molecule has 0 aliphatic rings. The first-order valence-corrected chi connectivity index (χ1v) is 6.74. The summed E-state index contributed by atoms with van der Waals surface area (Å²) in [5.41, 5.74) is 5.91. The van der Waals surface area contributed by atoms with Crippen molar-refractivity contribution < 1.29 is 14.4 Å². The summed E-state index contributed by atoms with van der Waals surface area (Å²) in [6, 6.07) is 0.0552. The molecule has 116 valence electrons. The number of amides is 3. The van der Waals surface area contributed by atoms with E-state index in [1.165, 1.54) is 6.92 Å². The Bertz CT molecular complexity index is 345. The molecule has 1 unspecified atom stereocenters. The van der Waals surface area contributed by atoms with Crippen molar-refractivity contribution in [2.75, 3.05) is 26.7 Å². The number of nitrogens with zero attached hydrogens (tertiary/aromatic N) is 1. The number of nitrogens with one attached hydrogen (secondary N) is 2. The molecule has 7 nitrogen and oxygen atoms in total. The van der Waals surface area contributed by atoms with Gasteiger partial charge in [0, 0.05) is 26.6 Å². The van der Waals surface area contributed by atoms with Gasteiger partial charge in [-0.25, -0.2) is 0 Å². The fourth-order valence-corrected chi connectivity index (χ4v) is 1.38. The molecule has 20 heavy (non-hydrogen) atoms. The molecular weight excluding hydrogens is 260 g/mol. The van der Waals surface area contributed by atoms with Gasteiger partial charge in [0.1, 0.15) is 0 Å². The van der Waals surface area contributed by atoms with E-state index < -0.39 is 0 Å². The summed E-state index contributed by atoms with van der Waals surface area (Å²) in [4.78, 5) is 35.2. The van der Waals surface area contributed by atoms with Crippen LogP contribution >= 0.6 is 0 Å². The van der Waals surface area contributed by atoms with E-state index >= 15 is 0 Å². The van der Waals surface area contributed by atoms with E-state index in [1.807, 2.05) is 13.8 Å². The summed E-state index contributed by atoms with van der Waals surface area (Å²) in [6.45, 7) is 5.75. The zero-order chi connectivity index (χ0) is 15.7. The molecule has 0 aromatic rings. The second-order valence-electron chi connectivity index (χ2n) is 5.20. The van der Waals surface area contributed by atoms with Gasteiger partial charge in [0.15, 0.2) is 0 Å². The fourth-order valence-electron chi connectivity index (χ4n) is 1.38. The molecule has 7 heteroatoms. The first-order chi connectivity index (χ1) is 9.23. The first-order valence-electron chi connectivity index (χ1n) is 6.74. The Hall–Kier alpha value is -1.63. The topological polar surface area (TPSA) is 105 Å². The van der Waals surface area contributed by atoms with Gasteiger partial charge in [-0.3, -0.25) is 14.4 Å². The van der Waals surface area contributed by atoms with Crippen LogP contribution < -0.4 is 16.4 Å². The Labute approximate surface area is 120 Å². The molecule has 0 aliphatic carbocycles. The third-order valence-corrected chi connectivity index (χ3v) is 3.01. The van der Waals surface area contributed by atoms with E-state index in [9.17, 15) is 14.4 Å². The van der Waals surface area contributed by atoms with Gasteiger partial charge in [0.25, 0.3) is 0 Å². The number of likely N-dealkylation sites (N-methyl/N-ethyl adjacent to an activating group) is 1. The third-order valence-electron chi connectivity index (χ3n) is 3.01. The third kappa shape index (κ3) is 8.47. The van der Waals surface area contributed by atoms with Gasteiger partial charge >= 0.3 is 0 Å². The summed E-state index contributed by atoms with van der Waals surface area (Å²) < 4.78 is 0. The van der Waals surface area contributed by atoms with Gasteiger partial charge in [-0.2, -0.15) is 0 Å². The van der Waals surface area contributed by atoms with E-state index in [2.05, 4.69) is 10.6 Å². The molecule has 0 aliphatic heterocycles. The average molecular weight is 286 g/mol. The van der Waals surface area contributed by atoms with Gasteiger partial charge in [0.2, 0.25) is 17.7 Å². The van der Waals surface area contributed by atoms with Crippen molar-refractivity contribution in [3.05, 3.63) is 0 Å². The van der Waals surface area contributed by atoms with Crippen LogP contribution in [0.15, 0.2) is 0 Å². The minimum Gasteiger partial charge on any atom is -0.347 e. The number of rotatable bonds is 8. The number of carbonyl (C=O) groups is 3. The molecule has 0 saturated carbocycles. The molecule has 0 spiro atoms. The zero-order valence-electron chi connectivity index (χ0n) is 12.7. The van der Waals surface area contributed by atoms with Crippen molar-refractivity contribution in [1.82, 2.24) is 15.5 Å². The maximum absolute atomic E-state index is 11.8. The van der Waals surface area contributed by atoms with Crippen molar-refractivity contribution in [1.29, 1.82) is 0 Å². The molecule has 0 radical (unpaired) electrons. The van der Waals surface area contributed by atoms with Crippen LogP contribution in [0.3, 0.4) is 0 Å². The summed E-state index contributed by atoms with van der Waals surface area (Å²) in [5, 5.41) is 4.81. The van der Waals surface area contributed by atoms with Crippen LogP contribution in [0.5, 0.6) is 0 Å². The van der Waals surface area contributed by atoms with Crippen LogP contribution in [-0.4, -0.2) is 55.3 Å². The SMILES string of the molecule is CC(=O)NCC(=O)NCC(=O)N(C)CCC(N)C(C)C. The van der Waals surface area contributed by atoms with E-state index in [0.717, 1.165) is 6.42 Å². The lowest BCUT2D eigenvalue weighted by Crippen LogP contribution is -2.43. The summed E-state index contributed by atoms with van der Waals surface area (Å²) in [7, 11) is 1.68. The highest BCUT2D eigenvalue weighted by molar-refractivity contribution is 5.87. The minimum absolute atomic E-state index is 0.0552. The normalized spacial score (nSPS) is 11.9. The second kappa shape index (κ2) is 9.30. The standard InChI is InChI=1S/C13H26N4O3/c1-9(2)11(14)5-6-17(4)13(20)8-16-12(19)7-15-10(3)18/h9,11H,5-8,14H2,1-4H3,(H,15,18)(H,16,19). The van der Waals surface area contributed by atoms with Gasteiger partial charge in [-0.05, 0) is 12.3 Å². The quantitative estimate of drug-likeness (QED) is 0.536. The largest absolute Gasteiger partial charge is 0.347 e. The van der Waals surface area contributed by atoms with Gasteiger partial charge in [-0.15, -0.1) is 0 Å². The van der Waals surface area contributed by atoms with Gasteiger partial charge in [0.05, 0.1) is 13.1 Å². The molecule has 0 aromatic heterocycles. The Morgan fingerprint density at radius 1 is 1.15 bits per heavy atom. The average Bonchev–Trinajstić information content (AvgIpc) is 2.38. The number of nitrogens with two attached hydrogens (primary N) is 1. The van der Waals surface area contributed by atoms with Crippen molar-refractivity contribution in [3.8, 4) is 0 Å². The summed E-state index contributed by atoms with van der Waals surface area (Å²) in [5.74, 6) is -0.486. The fraction of sp³-hybridized carbons (Fsp3) is 0.769. The minimum atomic E-state index is -0.388. The van der Waals surface area contributed by atoms with Crippen LogP contribution in [0.2, 0.25) is 0 Å². The lowest BCUT2D eigenvalue weighted by Gasteiger charge is -2.21. The predicted octanol–water partition coefficient (Wildman–Crippen LogP) is -0.929. The first kappa shape index (κ1) is 18.4. The number of hydrogen-bond donors (Lipinski definition) is 3. The van der Waals surface area contributed by atoms with Crippen LogP contribution in [0.25, 0.3) is 0 Å². The molecule has 0 bridgehead atoms. The molecule has 0 saturated heterocycles. The molecule has 0 rings (SSSR count). The molecule has 1 atom stereocenters. The van der Waals surface area contributed by atoms with Crippen LogP contribution in [0.1, 0.15) is 27.2 Å². The van der Waals surface area contributed by atoms with Crippen molar-refractivity contribution >= 4 is 17.7 Å². The van der Waals surface area contributed by atoms with Crippen LogP contribution in [0.4, 0.5) is 0 Å². The molecule has 0 heterocycles. The lowest BCUT2D eigenvalue weighted by atomic mass is 10.0. The van der Waals surface area contributed by atoms with Gasteiger partial charge < -0.3 is 21.3 Å². The second-order valence-corrected chi connectivity index (χ2v) is 5.20. The van der Waals surface area contributed by atoms with Crippen LogP contribution in [-0.2, 0) is 14.4 Å². The van der Waals surface area contributed by atoms with E-state index in [0.29, 0.717) is 12.5 Å². The maximum Gasteiger partial charge on any atom is 0.241 e.